The molecule has 3 rings (SSSR count). The fourth-order valence-electron chi connectivity index (χ4n) is 3.09. The second-order valence-corrected chi connectivity index (χ2v) is 7.57. The van der Waals surface area contributed by atoms with E-state index >= 15 is 0 Å². The number of carbonyl (C=O) groups is 2. The smallest absolute Gasteiger partial charge is 0.316 e. The van der Waals surface area contributed by atoms with Crippen molar-refractivity contribution in [3.63, 3.8) is 0 Å². The first kappa shape index (κ1) is 17.5. The van der Waals surface area contributed by atoms with Gasteiger partial charge < -0.3 is 10.4 Å². The van der Waals surface area contributed by atoms with Crippen LogP contribution in [0.5, 0.6) is 0 Å². The van der Waals surface area contributed by atoms with Crippen LogP contribution in [0.1, 0.15) is 47.4 Å². The third kappa shape index (κ3) is 3.71. The number of hydrogen-bond donors (Lipinski definition) is 2. The lowest BCUT2D eigenvalue weighted by molar-refractivity contribution is -0.136. The molecule has 7 heteroatoms. The molecule has 1 aromatic carbocycles. The lowest BCUT2D eigenvalue weighted by Crippen LogP contribution is -2.31. The van der Waals surface area contributed by atoms with Gasteiger partial charge in [0, 0.05) is 23.2 Å². The Morgan fingerprint density at radius 1 is 1.40 bits per heavy atom. The van der Waals surface area contributed by atoms with E-state index in [4.69, 9.17) is 5.11 Å². The van der Waals surface area contributed by atoms with Gasteiger partial charge in [-0.3, -0.25) is 14.3 Å². The molecule has 0 saturated heterocycles. The maximum Gasteiger partial charge on any atom is 0.316 e. The molecule has 2 aromatic rings. The van der Waals surface area contributed by atoms with E-state index in [2.05, 4.69) is 10.4 Å². The van der Waals surface area contributed by atoms with Crippen LogP contribution in [0.15, 0.2) is 35.4 Å². The minimum absolute atomic E-state index is 0.0556. The van der Waals surface area contributed by atoms with Gasteiger partial charge in [-0.05, 0) is 38.3 Å². The van der Waals surface area contributed by atoms with Crippen molar-refractivity contribution < 1.29 is 14.7 Å². The topological polar surface area (TPSA) is 84.2 Å². The Morgan fingerprint density at radius 3 is 2.92 bits per heavy atom. The van der Waals surface area contributed by atoms with Gasteiger partial charge in [0.2, 0.25) is 0 Å². The molecule has 0 radical (unpaired) electrons. The number of benzene rings is 1. The van der Waals surface area contributed by atoms with Crippen LogP contribution in [-0.2, 0) is 18.3 Å². The summed E-state index contributed by atoms with van der Waals surface area (Å²) in [7, 11) is 1.92. The third-order valence-electron chi connectivity index (χ3n) is 4.46. The lowest BCUT2D eigenvalue weighted by Gasteiger charge is -2.24. The average Bonchev–Trinajstić information content (AvgIpc) is 2.97. The Balaban J connectivity index is 1.80. The van der Waals surface area contributed by atoms with E-state index in [-0.39, 0.29) is 11.9 Å². The van der Waals surface area contributed by atoms with E-state index in [1.54, 1.807) is 25.1 Å². The summed E-state index contributed by atoms with van der Waals surface area (Å²) in [5.74, 6) is -1.07. The standard InChI is InChI=1S/C18H21N3O3S/c1-11(18(23)24)25-16-9-4-3-6-12(16)17(22)20-14-7-5-8-15-13(14)10-19-21(15)2/h3-4,6,9-11,14H,5,7-8H2,1-2H3,(H,20,22)(H,23,24). The van der Waals surface area contributed by atoms with Crippen molar-refractivity contribution in [2.45, 2.75) is 42.4 Å². The number of fused-ring (bicyclic) bond motifs is 1. The quantitative estimate of drug-likeness (QED) is 0.802. The number of nitrogens with zero attached hydrogens (tertiary/aromatic N) is 2. The van der Waals surface area contributed by atoms with Crippen LogP contribution in [0.4, 0.5) is 0 Å². The molecule has 2 unspecified atom stereocenters. The summed E-state index contributed by atoms with van der Waals surface area (Å²) in [6, 6.07) is 7.07. The maximum atomic E-state index is 12.8. The first-order valence-corrected chi connectivity index (χ1v) is 9.15. The predicted octanol–water partition coefficient (Wildman–Crippen LogP) is 2.79. The van der Waals surface area contributed by atoms with Gasteiger partial charge in [-0.15, -0.1) is 11.8 Å². The number of thioether (sulfide) groups is 1. The van der Waals surface area contributed by atoms with Crippen molar-refractivity contribution in [3.8, 4) is 0 Å². The van der Waals surface area contributed by atoms with Gasteiger partial charge in [-0.1, -0.05) is 12.1 Å². The summed E-state index contributed by atoms with van der Waals surface area (Å²) in [6.45, 7) is 1.62. The molecule has 2 atom stereocenters. The first-order chi connectivity index (χ1) is 12.0. The van der Waals surface area contributed by atoms with Gasteiger partial charge >= 0.3 is 5.97 Å². The molecule has 0 fully saturated rings. The Labute approximate surface area is 150 Å². The summed E-state index contributed by atoms with van der Waals surface area (Å²) < 4.78 is 1.87. The first-order valence-electron chi connectivity index (χ1n) is 8.27. The zero-order valence-corrected chi connectivity index (χ0v) is 15.0. The molecule has 0 aliphatic heterocycles. The van der Waals surface area contributed by atoms with Crippen LogP contribution in [0.3, 0.4) is 0 Å². The molecule has 1 aliphatic carbocycles. The van der Waals surface area contributed by atoms with Crippen molar-refractivity contribution in [2.24, 2.45) is 7.05 Å². The SMILES string of the molecule is CC(Sc1ccccc1C(=O)NC1CCCc2c1cnn2C)C(=O)O. The van der Waals surface area contributed by atoms with Gasteiger partial charge in [0.15, 0.2) is 0 Å². The van der Waals surface area contributed by atoms with Gasteiger partial charge in [0.25, 0.3) is 5.91 Å². The van der Waals surface area contributed by atoms with Gasteiger partial charge in [-0.25, -0.2) is 0 Å². The number of nitrogens with one attached hydrogen (secondary N) is 1. The van der Waals surface area contributed by atoms with Crippen LogP contribution in [0.2, 0.25) is 0 Å². The fourth-order valence-corrected chi connectivity index (χ4v) is 4.02. The number of rotatable bonds is 5. The number of amides is 1. The van der Waals surface area contributed by atoms with Gasteiger partial charge in [0.05, 0.1) is 17.8 Å². The summed E-state index contributed by atoms with van der Waals surface area (Å²) in [5.41, 5.74) is 2.75. The van der Waals surface area contributed by atoms with E-state index < -0.39 is 11.2 Å². The molecule has 0 saturated carbocycles. The highest BCUT2D eigenvalue weighted by atomic mass is 32.2. The van der Waals surface area contributed by atoms with E-state index in [1.165, 1.54) is 17.5 Å². The van der Waals surface area contributed by atoms with Gasteiger partial charge in [-0.2, -0.15) is 5.10 Å². The second-order valence-electron chi connectivity index (χ2n) is 6.18. The van der Waals surface area contributed by atoms with E-state index in [0.29, 0.717) is 10.5 Å². The Morgan fingerprint density at radius 2 is 2.16 bits per heavy atom. The van der Waals surface area contributed by atoms with E-state index in [9.17, 15) is 9.59 Å². The molecule has 1 amide bonds. The fraction of sp³-hybridized carbons (Fsp3) is 0.389. The van der Waals surface area contributed by atoms with Crippen molar-refractivity contribution in [1.82, 2.24) is 15.1 Å². The van der Waals surface area contributed by atoms with Crippen molar-refractivity contribution in [2.75, 3.05) is 0 Å². The molecule has 25 heavy (non-hydrogen) atoms. The third-order valence-corrected chi connectivity index (χ3v) is 5.63. The summed E-state index contributed by atoms with van der Waals surface area (Å²) in [6.07, 6.45) is 4.68. The number of carboxylic acids is 1. The molecule has 0 spiro atoms. The summed E-state index contributed by atoms with van der Waals surface area (Å²) in [5, 5.41) is 15.9. The zero-order valence-electron chi connectivity index (χ0n) is 14.2. The lowest BCUT2D eigenvalue weighted by atomic mass is 9.93. The normalized spacial score (nSPS) is 17.6. The zero-order chi connectivity index (χ0) is 18.0. The summed E-state index contributed by atoms with van der Waals surface area (Å²) in [4.78, 5) is 24.6. The van der Waals surface area contributed by atoms with Crippen LogP contribution < -0.4 is 5.32 Å². The van der Waals surface area contributed by atoms with Crippen molar-refractivity contribution >= 4 is 23.6 Å². The monoisotopic (exact) mass is 359 g/mol. The van der Waals surface area contributed by atoms with Crippen LogP contribution in [-0.4, -0.2) is 32.0 Å². The minimum Gasteiger partial charge on any atom is -0.480 e. The molecular weight excluding hydrogens is 338 g/mol. The van der Waals surface area contributed by atoms with Crippen LogP contribution >= 0.6 is 11.8 Å². The molecule has 1 aromatic heterocycles. The molecule has 132 valence electrons. The molecule has 0 bridgehead atoms. The molecule has 2 N–H and O–H groups in total. The second kappa shape index (κ2) is 7.31. The number of aliphatic carboxylic acids is 1. The Kier molecular flexibility index (Phi) is 5.13. The molecule has 1 heterocycles. The van der Waals surface area contributed by atoms with E-state index in [1.807, 2.05) is 24.0 Å². The number of carboxylic acid groups (broad SMARTS) is 1. The Bertz CT molecular complexity index is 803. The minimum atomic E-state index is -0.896. The number of carbonyl (C=O) groups excluding carboxylic acids is 1. The predicted molar refractivity (Wildman–Crippen MR) is 95.8 cm³/mol. The van der Waals surface area contributed by atoms with Crippen molar-refractivity contribution in [3.05, 3.63) is 47.3 Å². The highest BCUT2D eigenvalue weighted by Crippen LogP contribution is 2.31. The Hall–Kier alpha value is -2.28. The molecular formula is C18H21N3O3S. The van der Waals surface area contributed by atoms with Crippen molar-refractivity contribution in [1.29, 1.82) is 0 Å². The average molecular weight is 359 g/mol. The highest BCUT2D eigenvalue weighted by molar-refractivity contribution is 8.00. The van der Waals surface area contributed by atoms with E-state index in [0.717, 1.165) is 24.8 Å². The molecule has 6 nitrogen and oxygen atoms in total. The molecule has 1 aliphatic rings. The number of aromatic nitrogens is 2. The summed E-state index contributed by atoms with van der Waals surface area (Å²) >= 11 is 1.18. The highest BCUT2D eigenvalue weighted by Gasteiger charge is 2.26. The van der Waals surface area contributed by atoms with Crippen LogP contribution in [0, 0.1) is 0 Å². The van der Waals surface area contributed by atoms with Gasteiger partial charge in [0.1, 0.15) is 5.25 Å². The van der Waals surface area contributed by atoms with Crippen LogP contribution in [0.25, 0.3) is 0 Å². The maximum absolute atomic E-state index is 12.8. The number of hydrogen-bond acceptors (Lipinski definition) is 4. The largest absolute Gasteiger partial charge is 0.480 e. The number of aryl methyl sites for hydroxylation is 1.